The number of aliphatic carboxylic acids is 1. The minimum atomic E-state index is -1.73. The van der Waals surface area contributed by atoms with Crippen molar-refractivity contribution in [2.24, 2.45) is 5.73 Å². The fraction of sp³-hybridized carbons (Fsp3) is 0.833. The van der Waals surface area contributed by atoms with Crippen LogP contribution in [-0.2, 0) is 4.79 Å². The van der Waals surface area contributed by atoms with E-state index in [1.807, 2.05) is 0 Å². The molecule has 5 heteroatoms. The maximum Gasteiger partial charge on any atom is 0.323 e. The first-order valence-corrected chi connectivity index (χ1v) is 3.26. The zero-order valence-corrected chi connectivity index (χ0v) is 5.76. The predicted octanol–water partition coefficient (Wildman–Crippen LogP) is 0.238. The fourth-order valence-electron chi connectivity index (χ4n) is 1.21. The normalized spacial score (nSPS) is 44.3. The number of carboxylic acid groups (broad SMARTS) is 1. The average molecular weight is 164 g/mol. The van der Waals surface area contributed by atoms with E-state index in [9.17, 15) is 13.6 Å². The molecule has 0 heterocycles. The molecule has 3 N–H and O–H groups in total. The summed E-state index contributed by atoms with van der Waals surface area (Å²) in [5, 5.41) is 8.45. The van der Waals surface area contributed by atoms with Gasteiger partial charge in [0.15, 0.2) is 0 Å². The summed E-state index contributed by atoms with van der Waals surface area (Å²) < 4.78 is 24.9. The Labute approximate surface area is 62.2 Å². The van der Waals surface area contributed by atoms with Gasteiger partial charge in [0, 0.05) is 12.8 Å². The summed E-state index contributed by atoms with van der Waals surface area (Å²) in [5.41, 5.74) is 3.51. The maximum absolute atomic E-state index is 12.5. The zero-order chi connectivity index (χ0) is 8.65. The molecule has 1 fully saturated rings. The molecule has 0 radical (unpaired) electrons. The largest absolute Gasteiger partial charge is 0.480 e. The van der Waals surface area contributed by atoms with Crippen molar-refractivity contribution >= 4 is 5.97 Å². The molecular formula is C6H9F2NO2. The van der Waals surface area contributed by atoms with E-state index in [2.05, 4.69) is 0 Å². The fourth-order valence-corrected chi connectivity index (χ4v) is 1.21. The van der Waals surface area contributed by atoms with Crippen LogP contribution < -0.4 is 5.73 Å². The first-order valence-electron chi connectivity index (χ1n) is 3.26. The number of halogens is 2. The standard InChI is InChI=1S/C6H9F2NO2/c7-3-1-6(9,5(10)11)2-4(3)8/h3-4H,1-2,9H2,(H,10,11)/t3-,4-/m0/s1/i7-1/t3-,4-,6-. The number of nitrogens with two attached hydrogens (primary N) is 1. The van der Waals surface area contributed by atoms with Gasteiger partial charge in [0.1, 0.15) is 17.9 Å². The Bertz CT molecular complexity index is 175. The first-order chi connectivity index (χ1) is 4.96. The van der Waals surface area contributed by atoms with E-state index in [4.69, 9.17) is 10.8 Å². The lowest BCUT2D eigenvalue weighted by Crippen LogP contribution is -2.45. The third kappa shape index (κ3) is 1.33. The molecule has 11 heavy (non-hydrogen) atoms. The van der Waals surface area contributed by atoms with Crippen LogP contribution in [0.15, 0.2) is 0 Å². The Morgan fingerprint density at radius 3 is 2.00 bits per heavy atom. The van der Waals surface area contributed by atoms with E-state index >= 15 is 0 Å². The molecule has 0 aliphatic heterocycles. The second-order valence-electron chi connectivity index (χ2n) is 2.90. The average Bonchev–Trinajstić information content (AvgIpc) is 2.09. The monoisotopic (exact) mass is 164 g/mol. The van der Waals surface area contributed by atoms with Gasteiger partial charge in [-0.3, -0.25) is 4.79 Å². The highest BCUT2D eigenvalue weighted by Crippen LogP contribution is 2.32. The highest BCUT2D eigenvalue weighted by Gasteiger charge is 2.48. The summed E-state index contributed by atoms with van der Waals surface area (Å²) in [6, 6.07) is 0. The Kier molecular flexibility index (Phi) is 1.83. The lowest BCUT2D eigenvalue weighted by atomic mass is 10.00. The lowest BCUT2D eigenvalue weighted by Gasteiger charge is -2.15. The highest BCUT2D eigenvalue weighted by atomic mass is 19.1. The molecule has 1 aliphatic rings. The number of carbonyl (C=O) groups is 1. The molecule has 1 saturated carbocycles. The van der Waals surface area contributed by atoms with Crippen molar-refractivity contribution in [2.45, 2.75) is 30.7 Å². The van der Waals surface area contributed by atoms with Gasteiger partial charge in [-0.05, 0) is 0 Å². The lowest BCUT2D eigenvalue weighted by molar-refractivity contribution is -0.143. The Morgan fingerprint density at radius 2 is 1.82 bits per heavy atom. The van der Waals surface area contributed by atoms with Gasteiger partial charge < -0.3 is 10.8 Å². The van der Waals surface area contributed by atoms with Gasteiger partial charge in [0.25, 0.3) is 0 Å². The van der Waals surface area contributed by atoms with Crippen LogP contribution in [0.25, 0.3) is 0 Å². The van der Waals surface area contributed by atoms with Crippen LogP contribution in [0.1, 0.15) is 12.8 Å². The molecular weight excluding hydrogens is 155 g/mol. The van der Waals surface area contributed by atoms with E-state index in [1.165, 1.54) is 0 Å². The molecule has 1 rings (SSSR count). The molecule has 0 aromatic heterocycles. The van der Waals surface area contributed by atoms with E-state index in [1.54, 1.807) is 0 Å². The number of hydrogen-bond acceptors (Lipinski definition) is 2. The van der Waals surface area contributed by atoms with E-state index in [0.29, 0.717) is 0 Å². The van der Waals surface area contributed by atoms with Gasteiger partial charge in [0.05, 0.1) is 0 Å². The first kappa shape index (κ1) is 8.39. The van der Waals surface area contributed by atoms with Crippen molar-refractivity contribution in [3.8, 4) is 0 Å². The van der Waals surface area contributed by atoms with E-state index in [-0.39, 0.29) is 0 Å². The molecule has 0 amide bonds. The van der Waals surface area contributed by atoms with Gasteiger partial charge in [-0.15, -0.1) is 0 Å². The van der Waals surface area contributed by atoms with Crippen molar-refractivity contribution in [3.63, 3.8) is 0 Å². The van der Waals surface area contributed by atoms with Crippen LogP contribution in [0.4, 0.5) is 8.78 Å². The zero-order valence-electron chi connectivity index (χ0n) is 5.76. The number of alkyl halides is 2. The molecule has 0 aromatic rings. The summed E-state index contributed by atoms with van der Waals surface area (Å²) in [6.45, 7) is 0. The van der Waals surface area contributed by atoms with Crippen LogP contribution in [0.3, 0.4) is 0 Å². The van der Waals surface area contributed by atoms with Crippen molar-refractivity contribution < 1.29 is 18.7 Å². The van der Waals surface area contributed by atoms with E-state index in [0.717, 1.165) is 0 Å². The summed E-state index contributed by atoms with van der Waals surface area (Å²) in [4.78, 5) is 10.4. The summed E-state index contributed by atoms with van der Waals surface area (Å²) in [5.74, 6) is -1.33. The Balaban J connectivity index is 2.71. The number of carboxylic acids is 1. The van der Waals surface area contributed by atoms with Crippen LogP contribution in [0.5, 0.6) is 0 Å². The third-order valence-electron chi connectivity index (χ3n) is 1.94. The smallest absolute Gasteiger partial charge is 0.323 e. The molecule has 0 unspecified atom stereocenters. The molecule has 0 spiro atoms. The summed E-state index contributed by atoms with van der Waals surface area (Å²) in [6.07, 6.45) is -4.31. The SMILES string of the molecule is N[C@]1(C(=O)O)C[C@H](F)[C@@H]([18F])C1. The van der Waals surface area contributed by atoms with Gasteiger partial charge in [-0.25, -0.2) is 8.78 Å². The second kappa shape index (κ2) is 2.41. The maximum atomic E-state index is 12.5. The van der Waals surface area contributed by atoms with Gasteiger partial charge >= 0.3 is 5.97 Å². The van der Waals surface area contributed by atoms with Crippen molar-refractivity contribution in [1.29, 1.82) is 0 Å². The summed E-state index contributed by atoms with van der Waals surface area (Å²) in [7, 11) is 0. The summed E-state index contributed by atoms with van der Waals surface area (Å²) >= 11 is 0. The van der Waals surface area contributed by atoms with Crippen LogP contribution in [0.2, 0.25) is 0 Å². The van der Waals surface area contributed by atoms with Gasteiger partial charge in [-0.1, -0.05) is 0 Å². The van der Waals surface area contributed by atoms with Gasteiger partial charge in [0.2, 0.25) is 0 Å². The van der Waals surface area contributed by atoms with Crippen LogP contribution in [-0.4, -0.2) is 29.0 Å². The van der Waals surface area contributed by atoms with Crippen LogP contribution in [0, 0.1) is 0 Å². The Morgan fingerprint density at radius 1 is 1.45 bits per heavy atom. The van der Waals surface area contributed by atoms with Crippen LogP contribution >= 0.6 is 0 Å². The van der Waals surface area contributed by atoms with Crippen molar-refractivity contribution in [1.82, 2.24) is 0 Å². The molecule has 64 valence electrons. The number of rotatable bonds is 1. The van der Waals surface area contributed by atoms with Gasteiger partial charge in [-0.2, -0.15) is 0 Å². The highest BCUT2D eigenvalue weighted by molar-refractivity contribution is 5.79. The Hall–Kier alpha value is -0.710. The molecule has 0 bridgehead atoms. The molecule has 0 saturated heterocycles. The topological polar surface area (TPSA) is 63.3 Å². The number of hydrogen-bond donors (Lipinski definition) is 2. The van der Waals surface area contributed by atoms with E-state index < -0.39 is 36.7 Å². The molecule has 3 nitrogen and oxygen atoms in total. The quantitative estimate of drug-likeness (QED) is 0.583. The minimum absolute atomic E-state index is 0.427. The van der Waals surface area contributed by atoms with Crippen molar-refractivity contribution in [2.75, 3.05) is 0 Å². The molecule has 1 aliphatic carbocycles. The van der Waals surface area contributed by atoms with Crippen molar-refractivity contribution in [3.05, 3.63) is 0 Å². The predicted molar refractivity (Wildman–Crippen MR) is 33.6 cm³/mol. The molecule has 0 aromatic carbocycles. The second-order valence-corrected chi connectivity index (χ2v) is 2.90. The minimum Gasteiger partial charge on any atom is -0.480 e. The third-order valence-corrected chi connectivity index (χ3v) is 1.94. The molecule has 3 atom stereocenters.